The number of carbonyl (C=O) groups excluding carboxylic acids is 3. The first kappa shape index (κ1) is 24.7. The van der Waals surface area contributed by atoms with Crippen molar-refractivity contribution in [3.05, 3.63) is 48.5 Å². The van der Waals surface area contributed by atoms with Gasteiger partial charge in [0, 0.05) is 25.2 Å². The number of quaternary nitrogens is 1. The van der Waals surface area contributed by atoms with Crippen LogP contribution < -0.4 is 15.4 Å². The van der Waals surface area contributed by atoms with Crippen LogP contribution in [0.25, 0.3) is 0 Å². The fourth-order valence-electron chi connectivity index (χ4n) is 5.20. The van der Waals surface area contributed by atoms with Gasteiger partial charge in [0.05, 0.1) is 40.0 Å². The molecule has 12 heteroatoms. The van der Waals surface area contributed by atoms with Crippen LogP contribution >= 0.6 is 0 Å². The van der Waals surface area contributed by atoms with Crippen LogP contribution in [0.1, 0.15) is 13.8 Å². The monoisotopic (exact) mass is 482 g/mol. The Kier molecular flexibility index (Phi) is 7.36. The first-order valence-corrected chi connectivity index (χ1v) is 11.6. The van der Waals surface area contributed by atoms with Gasteiger partial charge in [0.15, 0.2) is 5.87 Å². The molecular weight excluding hydrogens is 451 g/mol. The van der Waals surface area contributed by atoms with Crippen molar-refractivity contribution in [2.45, 2.75) is 13.8 Å². The molecule has 0 aliphatic carbocycles. The van der Waals surface area contributed by atoms with E-state index in [1.807, 2.05) is 0 Å². The number of amides is 2. The minimum absolute atomic E-state index is 0.0900. The summed E-state index contributed by atoms with van der Waals surface area (Å²) in [6.07, 6.45) is 0. The maximum absolute atomic E-state index is 12.5. The smallest absolute Gasteiger partial charge is 0.296 e. The molecule has 3 N–H and O–H groups in total. The molecular formula is C23H31BN6O5. The van der Waals surface area contributed by atoms with Crippen molar-refractivity contribution < 1.29 is 28.6 Å². The van der Waals surface area contributed by atoms with Crippen LogP contribution in [0.15, 0.2) is 48.5 Å². The van der Waals surface area contributed by atoms with E-state index in [1.165, 1.54) is 26.0 Å². The minimum Gasteiger partial charge on any atom is -0.508 e. The maximum Gasteiger partial charge on any atom is 0.296 e. The summed E-state index contributed by atoms with van der Waals surface area (Å²) in [6.45, 7) is 8.83. The third kappa shape index (κ3) is 6.79. The molecule has 11 nitrogen and oxygen atoms in total. The highest BCUT2D eigenvalue weighted by molar-refractivity contribution is 6.66. The molecule has 4 aliphatic rings. The molecule has 4 aliphatic heterocycles. The Bertz CT molecular complexity index is 1040. The summed E-state index contributed by atoms with van der Waals surface area (Å²) in [5, 5.41) is 14.2. The molecule has 2 amide bonds. The van der Waals surface area contributed by atoms with Gasteiger partial charge < -0.3 is 24.9 Å². The van der Waals surface area contributed by atoms with Crippen molar-refractivity contribution >= 4 is 36.5 Å². The Balaban J connectivity index is 0.000000221. The molecule has 0 aromatic heterocycles. The lowest BCUT2D eigenvalue weighted by molar-refractivity contribution is -0.886. The molecule has 4 saturated heterocycles. The number of aromatic hydroxyl groups is 1. The van der Waals surface area contributed by atoms with E-state index in [2.05, 4.69) is 25.3 Å². The van der Waals surface area contributed by atoms with Crippen molar-refractivity contribution in [2.75, 3.05) is 50.6 Å². The summed E-state index contributed by atoms with van der Waals surface area (Å²) in [5.41, 5.74) is 1.39. The van der Waals surface area contributed by atoms with Gasteiger partial charge in [0.1, 0.15) is 11.5 Å². The van der Waals surface area contributed by atoms with Gasteiger partial charge in [-0.3, -0.25) is 14.4 Å². The predicted molar refractivity (Wildman–Crippen MR) is 133 cm³/mol. The second-order valence-electron chi connectivity index (χ2n) is 9.73. The summed E-state index contributed by atoms with van der Waals surface area (Å²) in [4.78, 5) is 41.2. The third-order valence-electron chi connectivity index (χ3n) is 6.11. The Labute approximate surface area is 204 Å². The summed E-state index contributed by atoms with van der Waals surface area (Å²) < 4.78 is 6.40. The molecule has 6 rings (SSSR count). The van der Waals surface area contributed by atoms with Crippen LogP contribution in [0.3, 0.4) is 0 Å². The van der Waals surface area contributed by atoms with Crippen LogP contribution in [0.2, 0.25) is 0 Å². The maximum atomic E-state index is 12.5. The third-order valence-corrected chi connectivity index (χ3v) is 6.11. The highest BCUT2D eigenvalue weighted by atomic mass is 16.5. The van der Waals surface area contributed by atoms with Crippen LogP contribution in [-0.4, -0.2) is 89.3 Å². The van der Waals surface area contributed by atoms with Gasteiger partial charge >= 0.3 is 0 Å². The fourth-order valence-corrected chi connectivity index (χ4v) is 5.20. The largest absolute Gasteiger partial charge is 0.508 e. The summed E-state index contributed by atoms with van der Waals surface area (Å²) in [5.74, 6) is 0.404. The number of hydrogen-bond acceptors (Lipinski definition) is 8. The molecule has 4 bridgehead atoms. The lowest BCUT2D eigenvalue weighted by Crippen LogP contribution is -2.80. The zero-order chi connectivity index (χ0) is 25.0. The van der Waals surface area contributed by atoms with Crippen LogP contribution in [0, 0.1) is 0 Å². The lowest BCUT2D eigenvalue weighted by atomic mass is 9.86. The first-order valence-electron chi connectivity index (χ1n) is 11.6. The van der Waals surface area contributed by atoms with E-state index in [0.29, 0.717) is 17.1 Å². The normalized spacial score (nSPS) is 25.7. The first-order chi connectivity index (χ1) is 16.7. The number of hydrogen-bond donors (Lipinski definition) is 3. The van der Waals surface area contributed by atoms with E-state index < -0.39 is 7.41 Å². The van der Waals surface area contributed by atoms with Crippen molar-refractivity contribution in [1.29, 1.82) is 0 Å². The van der Waals surface area contributed by atoms with E-state index in [9.17, 15) is 14.4 Å². The van der Waals surface area contributed by atoms with Gasteiger partial charge in [-0.15, -0.1) is 0 Å². The SMILES string of the molecule is CC(=O)Nc1ccc(O)cc1.CC(=O)Nc1ccc(OC(=O)[BH2-][N+]23CN4CN(CN(C4)C2)C3)cc1. The van der Waals surface area contributed by atoms with E-state index in [4.69, 9.17) is 9.84 Å². The summed E-state index contributed by atoms with van der Waals surface area (Å²) in [6, 6.07) is 13.2. The van der Waals surface area contributed by atoms with Crippen LogP contribution in [-0.2, 0) is 9.59 Å². The molecule has 0 unspecified atom stereocenters. The molecule has 186 valence electrons. The molecule has 35 heavy (non-hydrogen) atoms. The van der Waals surface area contributed by atoms with Crippen molar-refractivity contribution in [2.24, 2.45) is 0 Å². The Morgan fingerprint density at radius 3 is 1.66 bits per heavy atom. The average Bonchev–Trinajstić information content (AvgIpc) is 2.75. The number of phenolic OH excluding ortho intramolecular Hbond substituents is 1. The number of rotatable bonds is 5. The van der Waals surface area contributed by atoms with Gasteiger partial charge in [0.2, 0.25) is 11.8 Å². The number of ether oxygens (including phenoxy) is 1. The fraction of sp³-hybridized carbons (Fsp3) is 0.348. The number of phenols is 1. The van der Waals surface area contributed by atoms with Gasteiger partial charge in [-0.25, -0.2) is 14.7 Å². The van der Waals surface area contributed by atoms with Crippen molar-refractivity contribution in [3.8, 4) is 11.5 Å². The molecule has 0 saturated carbocycles. The molecule has 4 heterocycles. The van der Waals surface area contributed by atoms with E-state index in [-0.39, 0.29) is 23.4 Å². The van der Waals surface area contributed by atoms with Crippen molar-refractivity contribution in [1.82, 2.24) is 14.7 Å². The van der Waals surface area contributed by atoms with Crippen LogP contribution in [0.4, 0.5) is 16.2 Å². The molecule has 2 aromatic carbocycles. The topological polar surface area (TPSA) is 114 Å². The zero-order valence-electron chi connectivity index (χ0n) is 20.2. The van der Waals surface area contributed by atoms with Gasteiger partial charge in [-0.05, 0) is 48.5 Å². The Morgan fingerprint density at radius 1 is 0.800 bits per heavy atom. The molecule has 0 atom stereocenters. The van der Waals surface area contributed by atoms with E-state index in [0.717, 1.165) is 44.4 Å². The second kappa shape index (κ2) is 10.4. The number of carbonyl (C=O) groups is 3. The van der Waals surface area contributed by atoms with E-state index in [1.54, 1.807) is 36.4 Å². The average molecular weight is 482 g/mol. The molecule has 0 radical (unpaired) electrons. The lowest BCUT2D eigenvalue weighted by Gasteiger charge is -2.65. The molecule has 4 fully saturated rings. The number of benzene rings is 2. The summed E-state index contributed by atoms with van der Waals surface area (Å²) in [7, 11) is -0.943. The van der Waals surface area contributed by atoms with Crippen molar-refractivity contribution in [3.63, 3.8) is 0 Å². The van der Waals surface area contributed by atoms with Gasteiger partial charge in [-0.1, -0.05) is 0 Å². The number of nitrogens with zero attached hydrogens (tertiary/aromatic N) is 4. The molecule has 0 spiro atoms. The Morgan fingerprint density at radius 2 is 1.23 bits per heavy atom. The number of anilines is 2. The zero-order valence-corrected chi connectivity index (χ0v) is 20.2. The van der Waals surface area contributed by atoms with Crippen LogP contribution in [0.5, 0.6) is 11.5 Å². The van der Waals surface area contributed by atoms with Gasteiger partial charge in [0.25, 0.3) is 7.41 Å². The molecule has 2 aromatic rings. The quantitative estimate of drug-likeness (QED) is 0.429. The number of nitrogens with one attached hydrogen (secondary N) is 2. The van der Waals surface area contributed by atoms with Gasteiger partial charge in [-0.2, -0.15) is 0 Å². The second-order valence-corrected chi connectivity index (χ2v) is 9.73. The standard InChI is InChI=1S/C15H22BN5O3.C8H9NO2/c1-12(22)17-13-2-4-14(5-3-13)24-15(23)16-21-9-18-6-19(10-21)8-20(7-18)11-21;1-6(10)9-7-2-4-8(11)5-3-7/h2-5H,6-11,16H2,1H3,(H,17,22);2-5,11H,1H3,(H,9,10). The Hall–Kier alpha value is -3.45. The highest BCUT2D eigenvalue weighted by Gasteiger charge is 2.45. The highest BCUT2D eigenvalue weighted by Crippen LogP contribution is 2.28. The van der Waals surface area contributed by atoms with E-state index >= 15 is 0 Å². The summed E-state index contributed by atoms with van der Waals surface area (Å²) >= 11 is 0. The minimum atomic E-state index is -0.943. The predicted octanol–water partition coefficient (Wildman–Crippen LogP) is 1.09.